The van der Waals surface area contributed by atoms with Gasteiger partial charge in [-0.05, 0) is 17.9 Å². The lowest BCUT2D eigenvalue weighted by molar-refractivity contribution is -0.123. The molecule has 1 aromatic rings. The van der Waals surface area contributed by atoms with Crippen molar-refractivity contribution < 1.29 is 9.53 Å². The number of benzene rings is 1. The molecule has 0 aromatic heterocycles. The molecule has 4 heteroatoms. The third-order valence-electron chi connectivity index (χ3n) is 2.93. The molecule has 0 heterocycles. The summed E-state index contributed by atoms with van der Waals surface area (Å²) in [7, 11) is 1.53. The molecule has 2 atom stereocenters. The SMILES string of the molecule is COCC(N)C(=O)NCCC(C)c1ccccc1. The van der Waals surface area contributed by atoms with Crippen LogP contribution < -0.4 is 11.1 Å². The lowest BCUT2D eigenvalue weighted by Crippen LogP contribution is -2.43. The molecular weight excluding hydrogens is 228 g/mol. The van der Waals surface area contributed by atoms with Crippen LogP contribution in [0.25, 0.3) is 0 Å². The molecule has 0 radical (unpaired) electrons. The number of ether oxygens (including phenoxy) is 1. The molecule has 0 aliphatic carbocycles. The average Bonchev–Trinajstić information content (AvgIpc) is 2.39. The quantitative estimate of drug-likeness (QED) is 0.766. The van der Waals surface area contributed by atoms with E-state index in [9.17, 15) is 4.79 Å². The van der Waals surface area contributed by atoms with Gasteiger partial charge < -0.3 is 15.8 Å². The van der Waals surface area contributed by atoms with E-state index in [0.29, 0.717) is 12.5 Å². The molecule has 4 nitrogen and oxygen atoms in total. The van der Waals surface area contributed by atoms with Crippen LogP contribution in [0, 0.1) is 0 Å². The highest BCUT2D eigenvalue weighted by Crippen LogP contribution is 2.17. The highest BCUT2D eigenvalue weighted by molar-refractivity contribution is 5.81. The number of rotatable bonds is 7. The molecule has 2 unspecified atom stereocenters. The van der Waals surface area contributed by atoms with E-state index < -0.39 is 6.04 Å². The number of carbonyl (C=O) groups excluding carboxylic acids is 1. The van der Waals surface area contributed by atoms with Gasteiger partial charge in [0.05, 0.1) is 6.61 Å². The minimum absolute atomic E-state index is 0.155. The van der Waals surface area contributed by atoms with Crippen molar-refractivity contribution in [2.24, 2.45) is 5.73 Å². The molecule has 0 fully saturated rings. The largest absolute Gasteiger partial charge is 0.383 e. The smallest absolute Gasteiger partial charge is 0.239 e. The second-order valence-corrected chi connectivity index (χ2v) is 4.45. The van der Waals surface area contributed by atoms with Crippen LogP contribution in [-0.4, -0.2) is 32.2 Å². The summed E-state index contributed by atoms with van der Waals surface area (Å²) in [6.45, 7) is 3.03. The van der Waals surface area contributed by atoms with Gasteiger partial charge in [0.1, 0.15) is 6.04 Å². The number of hydrogen-bond acceptors (Lipinski definition) is 3. The highest BCUT2D eigenvalue weighted by atomic mass is 16.5. The Kier molecular flexibility index (Phi) is 6.39. The first-order valence-electron chi connectivity index (χ1n) is 6.22. The average molecular weight is 250 g/mol. The molecular formula is C14H22N2O2. The van der Waals surface area contributed by atoms with Gasteiger partial charge in [0.15, 0.2) is 0 Å². The predicted octanol–water partition coefficient (Wildman–Crippen LogP) is 1.27. The van der Waals surface area contributed by atoms with Gasteiger partial charge in [0.2, 0.25) is 5.91 Å². The summed E-state index contributed by atoms with van der Waals surface area (Å²) in [5.74, 6) is 0.266. The van der Waals surface area contributed by atoms with Crippen LogP contribution in [0.15, 0.2) is 30.3 Å². The lowest BCUT2D eigenvalue weighted by atomic mass is 9.98. The first kappa shape index (κ1) is 14.7. The topological polar surface area (TPSA) is 64.3 Å². The molecule has 0 aliphatic heterocycles. The predicted molar refractivity (Wildman–Crippen MR) is 72.3 cm³/mol. The van der Waals surface area contributed by atoms with E-state index in [1.54, 1.807) is 0 Å². The lowest BCUT2D eigenvalue weighted by Gasteiger charge is -2.14. The van der Waals surface area contributed by atoms with Crippen molar-refractivity contribution in [3.05, 3.63) is 35.9 Å². The maximum Gasteiger partial charge on any atom is 0.239 e. The molecule has 0 saturated carbocycles. The highest BCUT2D eigenvalue weighted by Gasteiger charge is 2.12. The first-order chi connectivity index (χ1) is 8.65. The monoisotopic (exact) mass is 250 g/mol. The van der Waals surface area contributed by atoms with Crippen LogP contribution in [-0.2, 0) is 9.53 Å². The Hall–Kier alpha value is -1.39. The van der Waals surface area contributed by atoms with Crippen molar-refractivity contribution in [2.45, 2.75) is 25.3 Å². The van der Waals surface area contributed by atoms with E-state index in [-0.39, 0.29) is 12.5 Å². The van der Waals surface area contributed by atoms with Crippen LogP contribution in [0.1, 0.15) is 24.8 Å². The Labute approximate surface area is 109 Å². The van der Waals surface area contributed by atoms with Gasteiger partial charge in [-0.1, -0.05) is 37.3 Å². The number of nitrogens with two attached hydrogens (primary N) is 1. The van der Waals surface area contributed by atoms with Gasteiger partial charge >= 0.3 is 0 Å². The fraction of sp³-hybridized carbons (Fsp3) is 0.500. The number of carbonyl (C=O) groups is 1. The molecule has 1 aromatic carbocycles. The van der Waals surface area contributed by atoms with E-state index in [2.05, 4.69) is 24.4 Å². The zero-order valence-corrected chi connectivity index (χ0v) is 11.1. The molecule has 0 aliphatic rings. The van der Waals surface area contributed by atoms with Crippen LogP contribution in [0.4, 0.5) is 0 Å². The summed E-state index contributed by atoms with van der Waals surface area (Å²) in [4.78, 5) is 11.5. The van der Waals surface area contributed by atoms with E-state index in [0.717, 1.165) is 6.42 Å². The molecule has 1 rings (SSSR count). The minimum atomic E-state index is -0.581. The minimum Gasteiger partial charge on any atom is -0.383 e. The molecule has 0 saturated heterocycles. The second kappa shape index (κ2) is 7.84. The van der Waals surface area contributed by atoms with Crippen molar-refractivity contribution in [3.63, 3.8) is 0 Å². The standard InChI is InChI=1S/C14H22N2O2/c1-11(12-6-4-3-5-7-12)8-9-16-14(17)13(15)10-18-2/h3-7,11,13H,8-10,15H2,1-2H3,(H,16,17). The van der Waals surface area contributed by atoms with Gasteiger partial charge in [-0.3, -0.25) is 4.79 Å². The van der Waals surface area contributed by atoms with Gasteiger partial charge in [-0.2, -0.15) is 0 Å². The molecule has 1 amide bonds. The summed E-state index contributed by atoms with van der Waals surface area (Å²) < 4.78 is 4.84. The van der Waals surface area contributed by atoms with Crippen molar-refractivity contribution in [1.29, 1.82) is 0 Å². The molecule has 100 valence electrons. The summed E-state index contributed by atoms with van der Waals surface area (Å²) >= 11 is 0. The Morgan fingerprint density at radius 2 is 2.06 bits per heavy atom. The van der Waals surface area contributed by atoms with Gasteiger partial charge in [0.25, 0.3) is 0 Å². The third-order valence-corrected chi connectivity index (χ3v) is 2.93. The maximum absolute atomic E-state index is 11.5. The fourth-order valence-corrected chi connectivity index (χ4v) is 1.75. The Bertz CT molecular complexity index is 354. The van der Waals surface area contributed by atoms with Gasteiger partial charge in [0, 0.05) is 13.7 Å². The van der Waals surface area contributed by atoms with Crippen LogP contribution in [0.2, 0.25) is 0 Å². The molecule has 0 spiro atoms. The number of nitrogens with one attached hydrogen (secondary N) is 1. The van der Waals surface area contributed by atoms with E-state index in [1.165, 1.54) is 12.7 Å². The zero-order valence-electron chi connectivity index (χ0n) is 11.1. The van der Waals surface area contributed by atoms with Crippen LogP contribution in [0.3, 0.4) is 0 Å². The van der Waals surface area contributed by atoms with E-state index >= 15 is 0 Å². The Balaban J connectivity index is 2.27. The Morgan fingerprint density at radius 3 is 2.67 bits per heavy atom. The number of methoxy groups -OCH3 is 1. The van der Waals surface area contributed by atoms with Gasteiger partial charge in [-0.15, -0.1) is 0 Å². The van der Waals surface area contributed by atoms with Crippen molar-refractivity contribution in [3.8, 4) is 0 Å². The van der Waals surface area contributed by atoms with Crippen molar-refractivity contribution in [2.75, 3.05) is 20.3 Å². The first-order valence-corrected chi connectivity index (χ1v) is 6.22. The van der Waals surface area contributed by atoms with E-state index in [1.807, 2.05) is 18.2 Å². The number of amides is 1. The van der Waals surface area contributed by atoms with Crippen molar-refractivity contribution >= 4 is 5.91 Å². The normalized spacial score (nSPS) is 13.9. The zero-order chi connectivity index (χ0) is 13.4. The summed E-state index contributed by atoms with van der Waals surface area (Å²) in [6, 6.07) is 9.67. The third kappa shape index (κ3) is 4.85. The summed E-state index contributed by atoms with van der Waals surface area (Å²) in [5, 5.41) is 2.82. The Morgan fingerprint density at radius 1 is 1.39 bits per heavy atom. The second-order valence-electron chi connectivity index (χ2n) is 4.45. The van der Waals surface area contributed by atoms with Crippen LogP contribution in [0.5, 0.6) is 0 Å². The number of hydrogen-bond donors (Lipinski definition) is 2. The molecule has 0 bridgehead atoms. The maximum atomic E-state index is 11.5. The van der Waals surface area contributed by atoms with E-state index in [4.69, 9.17) is 10.5 Å². The molecule has 3 N–H and O–H groups in total. The molecule has 18 heavy (non-hydrogen) atoms. The summed E-state index contributed by atoms with van der Waals surface area (Å²) in [5.41, 5.74) is 6.90. The van der Waals surface area contributed by atoms with Gasteiger partial charge in [-0.25, -0.2) is 0 Å². The fourth-order valence-electron chi connectivity index (χ4n) is 1.75. The van der Waals surface area contributed by atoms with Crippen LogP contribution >= 0.6 is 0 Å². The van der Waals surface area contributed by atoms with Crippen molar-refractivity contribution in [1.82, 2.24) is 5.32 Å². The summed E-state index contributed by atoms with van der Waals surface area (Å²) in [6.07, 6.45) is 0.898.